The minimum absolute atomic E-state index is 0.0860. The average Bonchev–Trinajstić information content (AvgIpc) is 2.65. The van der Waals surface area contributed by atoms with Crippen LogP contribution in [-0.4, -0.2) is 9.55 Å². The van der Waals surface area contributed by atoms with Crippen molar-refractivity contribution in [2.45, 2.75) is 6.92 Å². The molecule has 0 fully saturated rings. The Hall–Kier alpha value is -1.65. The SMILES string of the molecule is Cc1cccc(-n2c(=S)[nH]c3cc(F)c(Cl)cc32)c1. The first kappa shape index (κ1) is 12.4. The second-order valence-electron chi connectivity index (χ2n) is 4.39. The molecule has 0 aliphatic heterocycles. The van der Waals surface area contributed by atoms with Crippen LogP contribution in [0, 0.1) is 17.5 Å². The molecular weight excluding hydrogens is 283 g/mol. The lowest BCUT2D eigenvalue weighted by molar-refractivity contribution is 0.630. The van der Waals surface area contributed by atoms with Gasteiger partial charge in [-0.1, -0.05) is 23.7 Å². The van der Waals surface area contributed by atoms with Gasteiger partial charge in [0.25, 0.3) is 0 Å². The molecule has 1 N–H and O–H groups in total. The van der Waals surface area contributed by atoms with Crippen molar-refractivity contribution in [3.8, 4) is 5.69 Å². The lowest BCUT2D eigenvalue weighted by Gasteiger charge is -2.06. The Morgan fingerprint density at radius 2 is 2.05 bits per heavy atom. The number of nitrogens with zero attached hydrogens (tertiary/aromatic N) is 1. The molecule has 3 rings (SSSR count). The standard InChI is InChI=1S/C14H10ClFN2S/c1-8-3-2-4-9(5-8)18-13-6-10(15)11(16)7-12(13)17-14(18)19/h2-7H,1H3,(H,17,19). The van der Waals surface area contributed by atoms with Gasteiger partial charge in [-0.05, 0) is 42.9 Å². The molecular formula is C14H10ClFN2S. The van der Waals surface area contributed by atoms with Gasteiger partial charge in [0, 0.05) is 11.8 Å². The number of H-pyrrole nitrogens is 1. The van der Waals surface area contributed by atoms with Gasteiger partial charge in [-0.2, -0.15) is 0 Å². The van der Waals surface area contributed by atoms with Gasteiger partial charge in [0.2, 0.25) is 0 Å². The summed E-state index contributed by atoms with van der Waals surface area (Å²) in [7, 11) is 0. The van der Waals surface area contributed by atoms with Crippen LogP contribution < -0.4 is 0 Å². The highest BCUT2D eigenvalue weighted by atomic mass is 35.5. The molecule has 2 aromatic carbocycles. The fourth-order valence-corrected chi connectivity index (χ4v) is 2.60. The molecule has 1 aromatic heterocycles. The van der Waals surface area contributed by atoms with Crippen LogP contribution in [0.15, 0.2) is 36.4 Å². The highest BCUT2D eigenvalue weighted by Gasteiger charge is 2.10. The normalized spacial score (nSPS) is 11.1. The van der Waals surface area contributed by atoms with Crippen LogP contribution in [0.1, 0.15) is 5.56 Å². The zero-order valence-electron chi connectivity index (χ0n) is 10.1. The van der Waals surface area contributed by atoms with Gasteiger partial charge in [0.1, 0.15) is 5.82 Å². The minimum Gasteiger partial charge on any atom is -0.330 e. The van der Waals surface area contributed by atoms with Gasteiger partial charge in [-0.25, -0.2) is 4.39 Å². The molecule has 0 saturated carbocycles. The molecule has 0 aliphatic rings. The Balaban J connectivity index is 2.38. The summed E-state index contributed by atoms with van der Waals surface area (Å²) in [6.45, 7) is 2.01. The maximum atomic E-state index is 13.5. The number of aromatic nitrogens is 2. The lowest BCUT2D eigenvalue weighted by Crippen LogP contribution is -1.94. The number of hydrogen-bond acceptors (Lipinski definition) is 1. The van der Waals surface area contributed by atoms with Crippen LogP contribution in [-0.2, 0) is 0 Å². The van der Waals surface area contributed by atoms with Crippen LogP contribution in [0.5, 0.6) is 0 Å². The molecule has 2 nitrogen and oxygen atoms in total. The van der Waals surface area contributed by atoms with E-state index in [1.165, 1.54) is 6.07 Å². The number of hydrogen-bond donors (Lipinski definition) is 1. The maximum Gasteiger partial charge on any atom is 0.182 e. The molecule has 19 heavy (non-hydrogen) atoms. The number of imidazole rings is 1. The van der Waals surface area contributed by atoms with E-state index in [1.807, 2.05) is 35.8 Å². The molecule has 5 heteroatoms. The Kier molecular flexibility index (Phi) is 2.92. The third-order valence-electron chi connectivity index (χ3n) is 2.98. The van der Waals surface area contributed by atoms with Crippen LogP contribution in [0.4, 0.5) is 4.39 Å². The fraction of sp³-hybridized carbons (Fsp3) is 0.0714. The van der Waals surface area contributed by atoms with E-state index < -0.39 is 5.82 Å². The van der Waals surface area contributed by atoms with Gasteiger partial charge < -0.3 is 4.98 Å². The number of benzene rings is 2. The zero-order valence-corrected chi connectivity index (χ0v) is 11.6. The van der Waals surface area contributed by atoms with Gasteiger partial charge in [-0.15, -0.1) is 0 Å². The first-order valence-electron chi connectivity index (χ1n) is 5.73. The summed E-state index contributed by atoms with van der Waals surface area (Å²) < 4.78 is 15.8. The lowest BCUT2D eigenvalue weighted by atomic mass is 10.2. The van der Waals surface area contributed by atoms with Gasteiger partial charge >= 0.3 is 0 Å². The molecule has 0 unspecified atom stereocenters. The molecule has 0 amide bonds. The van der Waals surface area contributed by atoms with Crippen LogP contribution in [0.2, 0.25) is 5.02 Å². The summed E-state index contributed by atoms with van der Waals surface area (Å²) in [5.41, 5.74) is 3.45. The van der Waals surface area contributed by atoms with Crippen LogP contribution in [0.3, 0.4) is 0 Å². The predicted octanol–water partition coefficient (Wildman–Crippen LogP) is 4.79. The monoisotopic (exact) mass is 292 g/mol. The molecule has 0 radical (unpaired) electrons. The van der Waals surface area contributed by atoms with Gasteiger partial charge in [0.05, 0.1) is 16.1 Å². The summed E-state index contributed by atoms with van der Waals surface area (Å²) in [5.74, 6) is -0.457. The number of aromatic amines is 1. The molecule has 0 spiro atoms. The zero-order chi connectivity index (χ0) is 13.6. The van der Waals surface area contributed by atoms with Crippen molar-refractivity contribution in [2.24, 2.45) is 0 Å². The quantitative estimate of drug-likeness (QED) is 0.640. The van der Waals surface area contributed by atoms with E-state index in [-0.39, 0.29) is 5.02 Å². The van der Waals surface area contributed by atoms with Gasteiger partial charge in [0.15, 0.2) is 4.77 Å². The van der Waals surface area contributed by atoms with E-state index in [9.17, 15) is 4.39 Å². The van der Waals surface area contributed by atoms with Gasteiger partial charge in [-0.3, -0.25) is 4.57 Å². The van der Waals surface area contributed by atoms with E-state index in [0.717, 1.165) is 16.8 Å². The second kappa shape index (κ2) is 4.47. The topological polar surface area (TPSA) is 20.7 Å². The largest absolute Gasteiger partial charge is 0.330 e. The van der Waals surface area contributed by atoms with Crippen molar-refractivity contribution in [3.05, 3.63) is 57.6 Å². The number of halogens is 2. The number of aryl methyl sites for hydroxylation is 1. The van der Waals surface area contributed by atoms with Crippen LogP contribution >= 0.6 is 23.8 Å². The molecule has 0 bridgehead atoms. The summed E-state index contributed by atoms with van der Waals surface area (Å²) in [4.78, 5) is 2.99. The predicted molar refractivity (Wildman–Crippen MR) is 78.2 cm³/mol. The molecule has 96 valence electrons. The second-order valence-corrected chi connectivity index (χ2v) is 5.18. The molecule has 3 aromatic rings. The Bertz CT molecular complexity index is 835. The minimum atomic E-state index is -0.457. The van der Waals surface area contributed by atoms with E-state index in [0.29, 0.717) is 10.3 Å². The first-order valence-corrected chi connectivity index (χ1v) is 6.52. The van der Waals surface area contributed by atoms with E-state index in [1.54, 1.807) is 6.07 Å². The Morgan fingerprint density at radius 1 is 1.26 bits per heavy atom. The average molecular weight is 293 g/mol. The molecule has 0 aliphatic carbocycles. The van der Waals surface area contributed by atoms with Crippen molar-refractivity contribution in [3.63, 3.8) is 0 Å². The Morgan fingerprint density at radius 3 is 2.79 bits per heavy atom. The number of nitrogens with one attached hydrogen (secondary N) is 1. The third-order valence-corrected chi connectivity index (χ3v) is 3.56. The molecule has 0 atom stereocenters. The summed E-state index contributed by atoms with van der Waals surface area (Å²) in [6, 6.07) is 10.9. The highest BCUT2D eigenvalue weighted by Crippen LogP contribution is 2.25. The molecule has 0 saturated heterocycles. The molecule has 1 heterocycles. The summed E-state index contributed by atoms with van der Waals surface area (Å²) >= 11 is 11.2. The fourth-order valence-electron chi connectivity index (χ4n) is 2.13. The van der Waals surface area contributed by atoms with E-state index in [4.69, 9.17) is 23.8 Å². The van der Waals surface area contributed by atoms with Crippen LogP contribution in [0.25, 0.3) is 16.7 Å². The smallest absolute Gasteiger partial charge is 0.182 e. The van der Waals surface area contributed by atoms with Crippen molar-refractivity contribution in [2.75, 3.05) is 0 Å². The van der Waals surface area contributed by atoms with E-state index in [2.05, 4.69) is 4.98 Å². The van der Waals surface area contributed by atoms with Crippen molar-refractivity contribution >= 4 is 34.9 Å². The van der Waals surface area contributed by atoms with Crippen molar-refractivity contribution < 1.29 is 4.39 Å². The van der Waals surface area contributed by atoms with Crippen molar-refractivity contribution in [1.29, 1.82) is 0 Å². The third kappa shape index (κ3) is 2.07. The number of rotatable bonds is 1. The first-order chi connectivity index (χ1) is 9.06. The maximum absolute atomic E-state index is 13.5. The van der Waals surface area contributed by atoms with E-state index >= 15 is 0 Å². The summed E-state index contributed by atoms with van der Waals surface area (Å²) in [6.07, 6.45) is 0. The summed E-state index contributed by atoms with van der Waals surface area (Å²) in [5, 5.41) is 0.0860. The Labute approximate surface area is 119 Å². The van der Waals surface area contributed by atoms with Crippen molar-refractivity contribution in [1.82, 2.24) is 9.55 Å². The number of fused-ring (bicyclic) bond motifs is 1. The highest BCUT2D eigenvalue weighted by molar-refractivity contribution is 7.71.